The maximum Gasteiger partial charge on any atom is 0.196 e. The van der Waals surface area contributed by atoms with E-state index >= 15 is 0 Å². The van der Waals surface area contributed by atoms with Gasteiger partial charge in [0.15, 0.2) is 5.79 Å². The number of ether oxygens (including phenoxy) is 1. The van der Waals surface area contributed by atoms with Crippen LogP contribution in [-0.4, -0.2) is 18.5 Å². The average Bonchev–Trinajstić information content (AvgIpc) is 2.55. The molecular weight excluding hydrogens is 276 g/mol. The van der Waals surface area contributed by atoms with Gasteiger partial charge in [0.05, 0.1) is 6.61 Å². The van der Waals surface area contributed by atoms with Gasteiger partial charge >= 0.3 is 0 Å². The second-order valence-electron chi connectivity index (χ2n) is 6.79. The minimum absolute atomic E-state index is 0.147. The summed E-state index contributed by atoms with van der Waals surface area (Å²) in [7, 11) is 0. The third kappa shape index (κ3) is 4.19. The molecule has 3 heteroatoms. The number of hydrogen-bond acceptors (Lipinski definition) is 3. The highest BCUT2D eigenvalue weighted by Gasteiger charge is 2.28. The molecule has 1 unspecified atom stereocenters. The lowest BCUT2D eigenvalue weighted by molar-refractivity contribution is -0.468. The van der Waals surface area contributed by atoms with E-state index in [2.05, 4.69) is 30.3 Å². The van der Waals surface area contributed by atoms with Gasteiger partial charge in [-0.2, -0.15) is 0 Å². The fraction of sp³-hybridized carbons (Fsp3) is 0.579. The Morgan fingerprint density at radius 1 is 1.05 bits per heavy atom. The van der Waals surface area contributed by atoms with Gasteiger partial charge in [-0.15, -0.1) is 0 Å². The number of hydrogen-bond donors (Lipinski definition) is 0. The SMILES string of the molecule is CC1(C)OCC(C=Cc2ccc(C3CCCCC3)cc2)OO1. The van der Waals surface area contributed by atoms with Gasteiger partial charge in [0.25, 0.3) is 0 Å². The largest absolute Gasteiger partial charge is 0.345 e. The lowest BCUT2D eigenvalue weighted by atomic mass is 9.84. The van der Waals surface area contributed by atoms with Crippen molar-refractivity contribution in [2.75, 3.05) is 6.61 Å². The molecule has 2 aliphatic rings. The third-order valence-electron chi connectivity index (χ3n) is 4.48. The highest BCUT2D eigenvalue weighted by atomic mass is 17.2. The molecule has 1 aliphatic heterocycles. The summed E-state index contributed by atoms with van der Waals surface area (Å²) in [5.74, 6) is 0.115. The van der Waals surface area contributed by atoms with Crippen molar-refractivity contribution in [2.24, 2.45) is 0 Å². The molecule has 3 rings (SSSR count). The van der Waals surface area contributed by atoms with E-state index in [1.165, 1.54) is 43.2 Å². The van der Waals surface area contributed by atoms with Gasteiger partial charge in [-0.1, -0.05) is 49.6 Å². The third-order valence-corrected chi connectivity index (χ3v) is 4.48. The van der Waals surface area contributed by atoms with Crippen molar-refractivity contribution in [1.82, 2.24) is 0 Å². The first-order valence-electron chi connectivity index (χ1n) is 8.39. The fourth-order valence-electron chi connectivity index (χ4n) is 3.13. The van der Waals surface area contributed by atoms with Crippen LogP contribution in [0.25, 0.3) is 6.08 Å². The number of rotatable bonds is 3. The molecule has 1 saturated heterocycles. The average molecular weight is 302 g/mol. The van der Waals surface area contributed by atoms with Crippen LogP contribution in [0.4, 0.5) is 0 Å². The van der Waals surface area contributed by atoms with Gasteiger partial charge in [0.1, 0.15) is 6.10 Å². The van der Waals surface area contributed by atoms with E-state index in [4.69, 9.17) is 14.5 Å². The molecule has 1 saturated carbocycles. The molecule has 0 aromatic heterocycles. The van der Waals surface area contributed by atoms with Crippen LogP contribution < -0.4 is 0 Å². The Labute approximate surface area is 133 Å². The Kier molecular flexibility index (Phi) is 4.97. The first kappa shape index (κ1) is 15.7. The predicted octanol–water partition coefficient (Wildman–Crippen LogP) is 4.83. The molecule has 120 valence electrons. The van der Waals surface area contributed by atoms with Crippen LogP contribution in [0.5, 0.6) is 0 Å². The van der Waals surface area contributed by atoms with Crippen molar-refractivity contribution in [2.45, 2.75) is 63.8 Å². The highest BCUT2D eigenvalue weighted by molar-refractivity contribution is 5.50. The van der Waals surface area contributed by atoms with E-state index in [-0.39, 0.29) is 6.10 Å². The van der Waals surface area contributed by atoms with E-state index in [9.17, 15) is 0 Å². The molecule has 1 aromatic rings. The van der Waals surface area contributed by atoms with Crippen LogP contribution in [-0.2, 0) is 14.5 Å². The smallest absolute Gasteiger partial charge is 0.196 e. The van der Waals surface area contributed by atoms with E-state index in [1.54, 1.807) is 0 Å². The summed E-state index contributed by atoms with van der Waals surface area (Å²) in [6, 6.07) is 8.92. The zero-order chi connectivity index (χ0) is 15.4. The summed E-state index contributed by atoms with van der Waals surface area (Å²) < 4.78 is 5.57. The summed E-state index contributed by atoms with van der Waals surface area (Å²) in [6.45, 7) is 4.21. The molecule has 0 amide bonds. The summed E-state index contributed by atoms with van der Waals surface area (Å²) in [4.78, 5) is 10.5. The first-order valence-corrected chi connectivity index (χ1v) is 8.39. The highest BCUT2D eigenvalue weighted by Crippen LogP contribution is 2.32. The summed E-state index contributed by atoms with van der Waals surface area (Å²) in [5, 5.41) is 0. The Balaban J connectivity index is 1.55. The molecule has 0 N–H and O–H groups in total. The second-order valence-corrected chi connectivity index (χ2v) is 6.79. The zero-order valence-electron chi connectivity index (χ0n) is 13.6. The van der Waals surface area contributed by atoms with Crippen LogP contribution in [0, 0.1) is 0 Å². The predicted molar refractivity (Wildman–Crippen MR) is 87.3 cm³/mol. The van der Waals surface area contributed by atoms with E-state index in [0.717, 1.165) is 5.92 Å². The van der Waals surface area contributed by atoms with Crippen LogP contribution in [0.15, 0.2) is 30.3 Å². The van der Waals surface area contributed by atoms with Crippen molar-refractivity contribution >= 4 is 6.08 Å². The molecule has 22 heavy (non-hydrogen) atoms. The zero-order valence-corrected chi connectivity index (χ0v) is 13.6. The summed E-state index contributed by atoms with van der Waals surface area (Å²) in [5.41, 5.74) is 2.67. The van der Waals surface area contributed by atoms with Crippen LogP contribution in [0.1, 0.15) is 63.0 Å². The Morgan fingerprint density at radius 2 is 1.77 bits per heavy atom. The molecule has 0 bridgehead atoms. The maximum absolute atomic E-state index is 5.57. The Bertz CT molecular complexity index is 488. The molecule has 1 aliphatic carbocycles. The molecule has 1 atom stereocenters. The van der Waals surface area contributed by atoms with Crippen molar-refractivity contribution in [1.29, 1.82) is 0 Å². The van der Waals surface area contributed by atoms with Crippen LogP contribution in [0.3, 0.4) is 0 Å². The molecule has 1 aromatic carbocycles. The van der Waals surface area contributed by atoms with Crippen LogP contribution >= 0.6 is 0 Å². The lowest BCUT2D eigenvalue weighted by Crippen LogP contribution is -2.39. The quantitative estimate of drug-likeness (QED) is 0.748. The van der Waals surface area contributed by atoms with Crippen molar-refractivity contribution in [3.8, 4) is 0 Å². The normalized spacial score (nSPS) is 26.4. The lowest BCUT2D eigenvalue weighted by Gasteiger charge is -2.32. The van der Waals surface area contributed by atoms with Gasteiger partial charge in [-0.05, 0) is 49.8 Å². The maximum atomic E-state index is 5.57. The minimum atomic E-state index is -0.647. The fourth-order valence-corrected chi connectivity index (χ4v) is 3.13. The molecule has 3 nitrogen and oxygen atoms in total. The van der Waals surface area contributed by atoms with Crippen LogP contribution in [0.2, 0.25) is 0 Å². The van der Waals surface area contributed by atoms with Crippen molar-refractivity contribution < 1.29 is 14.5 Å². The van der Waals surface area contributed by atoms with E-state index < -0.39 is 5.79 Å². The Hall–Kier alpha value is -1.16. The van der Waals surface area contributed by atoms with Gasteiger partial charge in [-0.25, -0.2) is 9.78 Å². The molecule has 0 spiro atoms. The van der Waals surface area contributed by atoms with Crippen molar-refractivity contribution in [3.05, 3.63) is 41.5 Å². The molecule has 1 heterocycles. The first-order chi connectivity index (χ1) is 10.6. The molecule has 0 radical (unpaired) electrons. The topological polar surface area (TPSA) is 27.7 Å². The standard InChI is InChI=1S/C19H26O3/c1-19(2)20-14-18(21-22-19)13-10-15-8-11-17(12-9-15)16-6-4-3-5-7-16/h8-13,16,18H,3-7,14H2,1-2H3. The minimum Gasteiger partial charge on any atom is -0.345 e. The molecule has 2 fully saturated rings. The van der Waals surface area contributed by atoms with Crippen molar-refractivity contribution in [3.63, 3.8) is 0 Å². The van der Waals surface area contributed by atoms with Gasteiger partial charge in [0.2, 0.25) is 0 Å². The summed E-state index contributed by atoms with van der Waals surface area (Å²) >= 11 is 0. The Morgan fingerprint density at radius 3 is 2.41 bits per heavy atom. The monoisotopic (exact) mass is 302 g/mol. The summed E-state index contributed by atoms with van der Waals surface area (Å²) in [6.07, 6.45) is 10.8. The van der Waals surface area contributed by atoms with Gasteiger partial charge in [-0.3, -0.25) is 0 Å². The van der Waals surface area contributed by atoms with Gasteiger partial charge < -0.3 is 4.74 Å². The van der Waals surface area contributed by atoms with E-state index in [0.29, 0.717) is 6.61 Å². The van der Waals surface area contributed by atoms with Gasteiger partial charge in [0, 0.05) is 0 Å². The van der Waals surface area contributed by atoms with E-state index in [1.807, 2.05) is 19.9 Å². The molecular formula is C19H26O3. The second kappa shape index (κ2) is 6.95. The number of benzene rings is 1.